The van der Waals surface area contributed by atoms with Crippen LogP contribution in [0.15, 0.2) is 17.0 Å². The summed E-state index contributed by atoms with van der Waals surface area (Å²) < 4.78 is 49.7. The number of sulfone groups is 1. The van der Waals surface area contributed by atoms with Crippen LogP contribution in [0.4, 0.5) is 5.69 Å². The lowest BCUT2D eigenvalue weighted by Gasteiger charge is -2.14. The molecule has 0 aliphatic rings. The minimum atomic E-state index is -3.76. The molecule has 0 heterocycles. The molecule has 0 aliphatic carbocycles. The SMILES string of the molecule is CCS(=O)(=O)CCNS(=O)(=O)c1c(C)cc(NN)cc1C. The van der Waals surface area contributed by atoms with Crippen LogP contribution in [0.3, 0.4) is 0 Å². The topological polar surface area (TPSA) is 118 Å². The van der Waals surface area contributed by atoms with Gasteiger partial charge in [0.15, 0.2) is 9.84 Å². The third kappa shape index (κ3) is 4.67. The molecule has 0 fully saturated rings. The molecular weight excluding hydrogens is 314 g/mol. The van der Waals surface area contributed by atoms with Gasteiger partial charge in [0.05, 0.1) is 10.6 Å². The summed E-state index contributed by atoms with van der Waals surface area (Å²) in [5.74, 6) is 5.08. The van der Waals surface area contributed by atoms with E-state index < -0.39 is 19.9 Å². The molecule has 4 N–H and O–H groups in total. The van der Waals surface area contributed by atoms with Crippen LogP contribution >= 0.6 is 0 Å². The Morgan fingerprint density at radius 1 is 1.10 bits per heavy atom. The van der Waals surface area contributed by atoms with E-state index in [0.717, 1.165) is 0 Å². The van der Waals surface area contributed by atoms with E-state index in [4.69, 9.17) is 5.84 Å². The van der Waals surface area contributed by atoms with Gasteiger partial charge in [-0.3, -0.25) is 5.84 Å². The highest BCUT2D eigenvalue weighted by Gasteiger charge is 2.20. The van der Waals surface area contributed by atoms with Crippen LogP contribution in [0.25, 0.3) is 0 Å². The Morgan fingerprint density at radius 2 is 1.62 bits per heavy atom. The number of hydrogen-bond donors (Lipinski definition) is 3. The summed E-state index contributed by atoms with van der Waals surface area (Å²) in [5, 5.41) is 0. The number of rotatable bonds is 7. The third-order valence-electron chi connectivity index (χ3n) is 3.04. The maximum absolute atomic E-state index is 12.3. The fourth-order valence-electron chi connectivity index (χ4n) is 2.01. The number of nitrogen functional groups attached to an aromatic ring is 1. The van der Waals surface area contributed by atoms with E-state index in [0.29, 0.717) is 16.8 Å². The van der Waals surface area contributed by atoms with Crippen LogP contribution in [-0.4, -0.2) is 34.9 Å². The Morgan fingerprint density at radius 3 is 2.05 bits per heavy atom. The van der Waals surface area contributed by atoms with Crippen LogP contribution in [0.1, 0.15) is 18.1 Å². The average Bonchev–Trinajstić information content (AvgIpc) is 2.36. The first kappa shape index (κ1) is 17.9. The maximum Gasteiger partial charge on any atom is 0.241 e. The van der Waals surface area contributed by atoms with Gasteiger partial charge in [-0.25, -0.2) is 21.6 Å². The molecule has 0 unspecified atom stereocenters. The molecule has 1 rings (SSSR count). The molecular formula is C12H21N3O4S2. The van der Waals surface area contributed by atoms with Gasteiger partial charge in [0.25, 0.3) is 0 Å². The van der Waals surface area contributed by atoms with Gasteiger partial charge >= 0.3 is 0 Å². The predicted octanol–water partition coefficient (Wildman–Crippen LogP) is 0.302. The van der Waals surface area contributed by atoms with Gasteiger partial charge in [0.2, 0.25) is 10.0 Å². The Kier molecular flexibility index (Phi) is 5.74. The molecule has 0 bridgehead atoms. The number of nitrogens with one attached hydrogen (secondary N) is 2. The van der Waals surface area contributed by atoms with Crippen molar-refractivity contribution >= 4 is 25.5 Å². The average molecular weight is 335 g/mol. The highest BCUT2D eigenvalue weighted by molar-refractivity contribution is 7.91. The molecule has 9 heteroatoms. The van der Waals surface area contributed by atoms with Crippen molar-refractivity contribution < 1.29 is 16.8 Å². The summed E-state index contributed by atoms with van der Waals surface area (Å²) >= 11 is 0. The molecule has 0 spiro atoms. The lowest BCUT2D eigenvalue weighted by atomic mass is 10.1. The van der Waals surface area contributed by atoms with E-state index in [1.807, 2.05) is 0 Å². The molecule has 0 radical (unpaired) electrons. The van der Waals surface area contributed by atoms with E-state index in [9.17, 15) is 16.8 Å². The van der Waals surface area contributed by atoms with E-state index >= 15 is 0 Å². The monoisotopic (exact) mass is 335 g/mol. The van der Waals surface area contributed by atoms with Gasteiger partial charge < -0.3 is 5.43 Å². The number of hydrazine groups is 1. The first-order valence-electron chi connectivity index (χ1n) is 6.41. The number of benzene rings is 1. The van der Waals surface area contributed by atoms with Crippen molar-refractivity contribution in [1.29, 1.82) is 0 Å². The van der Waals surface area contributed by atoms with Crippen LogP contribution < -0.4 is 16.0 Å². The molecule has 0 aliphatic heterocycles. The van der Waals surface area contributed by atoms with Gasteiger partial charge in [0, 0.05) is 18.0 Å². The second-order valence-electron chi connectivity index (χ2n) is 4.72. The molecule has 7 nitrogen and oxygen atoms in total. The lowest BCUT2D eigenvalue weighted by molar-refractivity contribution is 0.580. The molecule has 0 amide bonds. The summed E-state index contributed by atoms with van der Waals surface area (Å²) in [6.45, 7) is 4.70. The maximum atomic E-state index is 12.3. The van der Waals surface area contributed by atoms with E-state index in [2.05, 4.69) is 10.1 Å². The summed E-state index contributed by atoms with van der Waals surface area (Å²) in [5.41, 5.74) is 4.14. The molecule has 0 saturated heterocycles. The number of sulfonamides is 1. The van der Waals surface area contributed by atoms with Gasteiger partial charge in [-0.05, 0) is 37.1 Å². The Hall–Kier alpha value is -1.16. The molecule has 0 aromatic heterocycles. The number of anilines is 1. The second-order valence-corrected chi connectivity index (χ2v) is 8.89. The first-order chi connectivity index (χ1) is 9.63. The molecule has 1 aromatic carbocycles. The predicted molar refractivity (Wildman–Crippen MR) is 83.2 cm³/mol. The van der Waals surface area contributed by atoms with Crippen molar-refractivity contribution in [2.45, 2.75) is 25.7 Å². The minimum absolute atomic E-state index is 0.0103. The van der Waals surface area contributed by atoms with Crippen LogP contribution in [0.5, 0.6) is 0 Å². The Labute approximate surface area is 125 Å². The fourth-order valence-corrected chi connectivity index (χ4v) is 4.32. The first-order valence-corrected chi connectivity index (χ1v) is 9.71. The minimum Gasteiger partial charge on any atom is -0.324 e. The van der Waals surface area contributed by atoms with Crippen molar-refractivity contribution in [1.82, 2.24) is 4.72 Å². The van der Waals surface area contributed by atoms with Gasteiger partial charge in [-0.15, -0.1) is 0 Å². The number of nitrogens with two attached hydrogens (primary N) is 1. The van der Waals surface area contributed by atoms with Crippen molar-refractivity contribution in [3.8, 4) is 0 Å². The van der Waals surface area contributed by atoms with Crippen molar-refractivity contribution in [2.75, 3.05) is 23.5 Å². The highest BCUT2D eigenvalue weighted by Crippen LogP contribution is 2.23. The number of aryl methyl sites for hydroxylation is 2. The third-order valence-corrected chi connectivity index (χ3v) is 6.51. The summed E-state index contributed by atoms with van der Waals surface area (Å²) in [4.78, 5) is 0.149. The van der Waals surface area contributed by atoms with E-state index in [1.54, 1.807) is 26.0 Å². The molecule has 0 atom stereocenters. The normalized spacial score (nSPS) is 12.4. The molecule has 1 aromatic rings. The summed E-state index contributed by atoms with van der Waals surface area (Å²) in [7, 11) is -6.97. The zero-order valence-corrected chi connectivity index (χ0v) is 13.9. The van der Waals surface area contributed by atoms with Crippen LogP contribution in [0, 0.1) is 13.8 Å². The van der Waals surface area contributed by atoms with Crippen molar-refractivity contribution in [2.24, 2.45) is 5.84 Å². The zero-order valence-electron chi connectivity index (χ0n) is 12.3. The zero-order chi connectivity index (χ0) is 16.3. The Bertz CT molecular complexity index is 689. The van der Waals surface area contributed by atoms with Crippen LogP contribution in [0.2, 0.25) is 0 Å². The van der Waals surface area contributed by atoms with Crippen molar-refractivity contribution in [3.05, 3.63) is 23.3 Å². The lowest BCUT2D eigenvalue weighted by Crippen LogP contribution is -2.30. The van der Waals surface area contributed by atoms with Gasteiger partial charge in [0.1, 0.15) is 0 Å². The van der Waals surface area contributed by atoms with Crippen molar-refractivity contribution in [3.63, 3.8) is 0 Å². The summed E-state index contributed by atoms with van der Waals surface area (Å²) in [6, 6.07) is 3.23. The highest BCUT2D eigenvalue weighted by atomic mass is 32.2. The molecule has 0 saturated carbocycles. The largest absolute Gasteiger partial charge is 0.324 e. The van der Waals surface area contributed by atoms with E-state index in [1.165, 1.54) is 6.92 Å². The quantitative estimate of drug-likeness (QED) is 0.487. The molecule has 120 valence electrons. The standard InChI is InChI=1S/C12H21N3O4S2/c1-4-20(16,17)6-5-14-21(18,19)12-9(2)7-11(15-13)8-10(12)3/h7-8,14-15H,4-6,13H2,1-3H3. The summed E-state index contributed by atoms with van der Waals surface area (Å²) in [6.07, 6.45) is 0. The van der Waals surface area contributed by atoms with Gasteiger partial charge in [-0.2, -0.15) is 0 Å². The van der Waals surface area contributed by atoms with E-state index in [-0.39, 0.29) is 22.9 Å². The number of hydrogen-bond acceptors (Lipinski definition) is 6. The fraction of sp³-hybridized carbons (Fsp3) is 0.500. The Balaban J connectivity index is 2.99. The second kappa shape index (κ2) is 6.73. The van der Waals surface area contributed by atoms with Crippen LogP contribution in [-0.2, 0) is 19.9 Å². The smallest absolute Gasteiger partial charge is 0.241 e. The van der Waals surface area contributed by atoms with Gasteiger partial charge in [-0.1, -0.05) is 6.92 Å². The molecule has 21 heavy (non-hydrogen) atoms.